The maximum Gasteiger partial charge on any atom is 0.181 e. The number of halogens is 3. The molecule has 0 aliphatic heterocycles. The summed E-state index contributed by atoms with van der Waals surface area (Å²) in [6, 6.07) is 12.8. The normalized spacial score (nSPS) is 10.8. The summed E-state index contributed by atoms with van der Waals surface area (Å²) in [5, 5.41) is 4.40. The van der Waals surface area contributed by atoms with Crippen LogP contribution in [0.5, 0.6) is 0 Å². The molecule has 0 N–H and O–H groups in total. The molecule has 0 saturated carbocycles. The van der Waals surface area contributed by atoms with Gasteiger partial charge in [0.15, 0.2) is 5.82 Å². The van der Waals surface area contributed by atoms with E-state index in [0.717, 1.165) is 13.6 Å². The van der Waals surface area contributed by atoms with Crippen molar-refractivity contribution in [3.8, 4) is 11.4 Å². The Hall–Kier alpha value is -1.28. The Bertz CT molecular complexity index is 771. The molecule has 0 saturated heterocycles. The minimum absolute atomic E-state index is 0.246. The Morgan fingerprint density at radius 3 is 2.67 bits per heavy atom. The van der Waals surface area contributed by atoms with Gasteiger partial charge in [-0.2, -0.15) is 5.10 Å². The van der Waals surface area contributed by atoms with E-state index in [1.165, 1.54) is 6.07 Å². The van der Waals surface area contributed by atoms with E-state index in [9.17, 15) is 4.39 Å². The van der Waals surface area contributed by atoms with Crippen LogP contribution < -0.4 is 0 Å². The summed E-state index contributed by atoms with van der Waals surface area (Å²) in [6.45, 7) is 0.350. The SMILES string of the molecule is Fc1ccc(Br)cc1Cn1cnc(-c2ccc(I)cc2)n1. The first kappa shape index (κ1) is 14.6. The lowest BCUT2D eigenvalue weighted by Crippen LogP contribution is -2.02. The molecule has 106 valence electrons. The van der Waals surface area contributed by atoms with Gasteiger partial charge >= 0.3 is 0 Å². The molecular formula is C15H10BrFIN3. The lowest BCUT2D eigenvalue weighted by molar-refractivity contribution is 0.584. The number of hydrogen-bond acceptors (Lipinski definition) is 2. The van der Waals surface area contributed by atoms with Gasteiger partial charge in [0.2, 0.25) is 0 Å². The molecular weight excluding hydrogens is 448 g/mol. The van der Waals surface area contributed by atoms with Gasteiger partial charge < -0.3 is 0 Å². The van der Waals surface area contributed by atoms with Gasteiger partial charge in [-0.05, 0) is 52.9 Å². The molecule has 0 bridgehead atoms. The smallest absolute Gasteiger partial charge is 0.181 e. The second kappa shape index (κ2) is 6.23. The highest BCUT2D eigenvalue weighted by molar-refractivity contribution is 14.1. The van der Waals surface area contributed by atoms with E-state index in [1.54, 1.807) is 23.1 Å². The van der Waals surface area contributed by atoms with E-state index in [4.69, 9.17) is 0 Å². The highest BCUT2D eigenvalue weighted by atomic mass is 127. The summed E-state index contributed by atoms with van der Waals surface area (Å²) >= 11 is 5.60. The van der Waals surface area contributed by atoms with Crippen molar-refractivity contribution >= 4 is 38.5 Å². The summed E-state index contributed by atoms with van der Waals surface area (Å²) in [5.41, 5.74) is 1.52. The van der Waals surface area contributed by atoms with Crippen molar-refractivity contribution in [1.82, 2.24) is 14.8 Å². The molecule has 1 heterocycles. The molecule has 1 aromatic heterocycles. The molecule has 6 heteroatoms. The maximum absolute atomic E-state index is 13.7. The van der Waals surface area contributed by atoms with E-state index < -0.39 is 0 Å². The summed E-state index contributed by atoms with van der Waals surface area (Å²) in [5.74, 6) is 0.395. The molecule has 0 aliphatic rings. The highest BCUT2D eigenvalue weighted by Gasteiger charge is 2.07. The molecule has 3 nitrogen and oxygen atoms in total. The number of rotatable bonds is 3. The van der Waals surface area contributed by atoms with Crippen LogP contribution in [0.15, 0.2) is 53.3 Å². The number of benzene rings is 2. The van der Waals surface area contributed by atoms with Crippen molar-refractivity contribution in [2.24, 2.45) is 0 Å². The Labute approximate surface area is 143 Å². The average Bonchev–Trinajstić information content (AvgIpc) is 2.92. The van der Waals surface area contributed by atoms with Crippen molar-refractivity contribution in [1.29, 1.82) is 0 Å². The van der Waals surface area contributed by atoms with Gasteiger partial charge in [-0.15, -0.1) is 0 Å². The van der Waals surface area contributed by atoms with E-state index in [2.05, 4.69) is 48.6 Å². The Morgan fingerprint density at radius 2 is 1.90 bits per heavy atom. The lowest BCUT2D eigenvalue weighted by Gasteiger charge is -2.03. The molecule has 0 aliphatic carbocycles. The van der Waals surface area contributed by atoms with Crippen molar-refractivity contribution in [3.63, 3.8) is 0 Å². The third-order valence-electron chi connectivity index (χ3n) is 2.98. The first-order valence-corrected chi connectivity index (χ1v) is 8.08. The van der Waals surface area contributed by atoms with Crippen molar-refractivity contribution < 1.29 is 4.39 Å². The zero-order valence-corrected chi connectivity index (χ0v) is 14.5. The predicted molar refractivity (Wildman–Crippen MR) is 91.4 cm³/mol. The van der Waals surface area contributed by atoms with Gasteiger partial charge in [0.25, 0.3) is 0 Å². The van der Waals surface area contributed by atoms with E-state index in [1.807, 2.05) is 24.3 Å². The Morgan fingerprint density at radius 1 is 1.14 bits per heavy atom. The van der Waals surface area contributed by atoms with Crippen LogP contribution in [0.3, 0.4) is 0 Å². The summed E-state index contributed by atoms with van der Waals surface area (Å²) < 4.78 is 17.4. The van der Waals surface area contributed by atoms with Gasteiger partial charge in [-0.25, -0.2) is 14.1 Å². The third-order valence-corrected chi connectivity index (χ3v) is 4.19. The van der Waals surface area contributed by atoms with Crippen LogP contribution in [0.1, 0.15) is 5.56 Å². The van der Waals surface area contributed by atoms with Crippen LogP contribution in [0.4, 0.5) is 4.39 Å². The fourth-order valence-electron chi connectivity index (χ4n) is 1.94. The molecule has 21 heavy (non-hydrogen) atoms. The maximum atomic E-state index is 13.7. The average molecular weight is 458 g/mol. The van der Waals surface area contributed by atoms with E-state index in [0.29, 0.717) is 17.9 Å². The van der Waals surface area contributed by atoms with Gasteiger partial charge in [0.1, 0.15) is 12.1 Å². The topological polar surface area (TPSA) is 30.7 Å². The monoisotopic (exact) mass is 457 g/mol. The zero-order valence-electron chi connectivity index (χ0n) is 10.8. The predicted octanol–water partition coefficient (Wildman–Crippen LogP) is 4.50. The Kier molecular flexibility index (Phi) is 4.34. The van der Waals surface area contributed by atoms with Crippen molar-refractivity contribution in [3.05, 3.63) is 68.2 Å². The molecule has 3 aromatic rings. The molecule has 0 atom stereocenters. The van der Waals surface area contributed by atoms with Crippen molar-refractivity contribution in [2.75, 3.05) is 0 Å². The standard InChI is InChI=1S/C15H10BrFIN3/c16-12-3-6-14(17)11(7-12)8-21-9-19-15(20-21)10-1-4-13(18)5-2-10/h1-7,9H,8H2. The number of aromatic nitrogens is 3. The fourth-order valence-corrected chi connectivity index (χ4v) is 2.71. The van der Waals surface area contributed by atoms with E-state index in [-0.39, 0.29) is 5.82 Å². The second-order valence-corrected chi connectivity index (χ2v) is 6.67. The number of hydrogen-bond donors (Lipinski definition) is 0. The van der Waals surface area contributed by atoms with E-state index >= 15 is 0 Å². The molecule has 2 aromatic carbocycles. The second-order valence-electron chi connectivity index (χ2n) is 4.51. The minimum Gasteiger partial charge on any atom is -0.248 e. The van der Waals surface area contributed by atoms with Gasteiger partial charge in [0.05, 0.1) is 6.54 Å². The van der Waals surface area contributed by atoms with Crippen LogP contribution in [0.25, 0.3) is 11.4 Å². The highest BCUT2D eigenvalue weighted by Crippen LogP contribution is 2.18. The van der Waals surface area contributed by atoms with Gasteiger partial charge in [0, 0.05) is 19.2 Å². The van der Waals surface area contributed by atoms with Crippen LogP contribution in [-0.2, 0) is 6.54 Å². The summed E-state index contributed by atoms with van der Waals surface area (Å²) in [4.78, 5) is 4.28. The molecule has 0 amide bonds. The molecule has 0 radical (unpaired) electrons. The van der Waals surface area contributed by atoms with Crippen LogP contribution in [0, 0.1) is 9.39 Å². The van der Waals surface area contributed by atoms with Crippen LogP contribution >= 0.6 is 38.5 Å². The summed E-state index contributed by atoms with van der Waals surface area (Å²) in [6.07, 6.45) is 1.62. The minimum atomic E-state index is -0.246. The van der Waals surface area contributed by atoms with Gasteiger partial charge in [-0.3, -0.25) is 0 Å². The first-order chi connectivity index (χ1) is 10.1. The quantitative estimate of drug-likeness (QED) is 0.542. The molecule has 0 spiro atoms. The van der Waals surface area contributed by atoms with Gasteiger partial charge in [-0.1, -0.05) is 28.1 Å². The first-order valence-electron chi connectivity index (χ1n) is 6.21. The third kappa shape index (κ3) is 3.49. The largest absolute Gasteiger partial charge is 0.248 e. The summed E-state index contributed by atoms with van der Waals surface area (Å²) in [7, 11) is 0. The van der Waals surface area contributed by atoms with Crippen LogP contribution in [-0.4, -0.2) is 14.8 Å². The van der Waals surface area contributed by atoms with Crippen LogP contribution in [0.2, 0.25) is 0 Å². The van der Waals surface area contributed by atoms with Crippen molar-refractivity contribution in [2.45, 2.75) is 6.54 Å². The molecule has 3 rings (SSSR count). The fraction of sp³-hybridized carbons (Fsp3) is 0.0667. The zero-order chi connectivity index (χ0) is 14.8. The molecule has 0 fully saturated rings. The lowest BCUT2D eigenvalue weighted by atomic mass is 10.2. The molecule has 0 unspecified atom stereocenters. The Balaban J connectivity index is 1.85. The number of nitrogens with zero attached hydrogens (tertiary/aromatic N) is 3.